The normalized spacial score (nSPS) is 11.0. The van der Waals surface area contributed by atoms with Crippen LogP contribution in [0.1, 0.15) is 33.9 Å². The van der Waals surface area contributed by atoms with Crippen molar-refractivity contribution < 1.29 is 1.43 Å². The lowest BCUT2D eigenvalue weighted by molar-refractivity contribution is 0.730. The van der Waals surface area contributed by atoms with Gasteiger partial charge in [0.05, 0.1) is 0 Å². The SMILES string of the molecule is CCCN(CCC)c1cc(Nc2ccn3ccnc3c2)nc(C)n1.[HH]. The summed E-state index contributed by atoms with van der Waals surface area (Å²) in [5, 5.41) is 3.38. The summed E-state index contributed by atoms with van der Waals surface area (Å²) in [6.07, 6.45) is 7.91. The Balaban J connectivity index is 0.00000225. The van der Waals surface area contributed by atoms with Gasteiger partial charge in [0.15, 0.2) is 0 Å². The number of aryl methyl sites for hydroxylation is 1. The zero-order chi connectivity index (χ0) is 16.9. The Bertz CT molecular complexity index is 810. The van der Waals surface area contributed by atoms with E-state index in [0.29, 0.717) is 0 Å². The number of hydrogen-bond donors (Lipinski definition) is 1. The molecule has 1 N–H and O–H groups in total. The molecule has 0 atom stereocenters. The minimum absolute atomic E-state index is 0. The highest BCUT2D eigenvalue weighted by Gasteiger charge is 2.10. The van der Waals surface area contributed by atoms with Crippen LogP contribution in [0, 0.1) is 6.92 Å². The Morgan fingerprint density at radius 1 is 1.12 bits per heavy atom. The molecule has 24 heavy (non-hydrogen) atoms. The number of pyridine rings is 1. The summed E-state index contributed by atoms with van der Waals surface area (Å²) < 4.78 is 1.98. The van der Waals surface area contributed by atoms with Gasteiger partial charge in [0.2, 0.25) is 0 Å². The molecule has 0 aliphatic carbocycles. The highest BCUT2D eigenvalue weighted by Crippen LogP contribution is 2.21. The first kappa shape index (κ1) is 16.2. The Hall–Kier alpha value is -2.63. The van der Waals surface area contributed by atoms with Crippen LogP contribution in [0.5, 0.6) is 0 Å². The zero-order valence-corrected chi connectivity index (χ0v) is 14.5. The molecule has 3 heterocycles. The van der Waals surface area contributed by atoms with Crippen LogP contribution in [0.2, 0.25) is 0 Å². The third kappa shape index (κ3) is 3.64. The van der Waals surface area contributed by atoms with Crippen LogP contribution in [0.15, 0.2) is 36.8 Å². The van der Waals surface area contributed by atoms with E-state index in [1.807, 2.05) is 41.9 Å². The molecule has 3 aromatic heterocycles. The van der Waals surface area contributed by atoms with Crippen LogP contribution in [-0.4, -0.2) is 32.4 Å². The lowest BCUT2D eigenvalue weighted by atomic mass is 10.3. The molecule has 0 aromatic carbocycles. The Morgan fingerprint density at radius 2 is 1.92 bits per heavy atom. The molecule has 0 unspecified atom stereocenters. The monoisotopic (exact) mass is 326 g/mol. The number of nitrogens with zero attached hydrogens (tertiary/aromatic N) is 5. The van der Waals surface area contributed by atoms with E-state index in [-0.39, 0.29) is 1.43 Å². The second kappa shape index (κ2) is 7.29. The molecule has 0 radical (unpaired) electrons. The number of imidazole rings is 1. The van der Waals surface area contributed by atoms with E-state index in [9.17, 15) is 0 Å². The summed E-state index contributed by atoms with van der Waals surface area (Å²) in [5.74, 6) is 2.57. The van der Waals surface area contributed by atoms with Crippen molar-refractivity contribution in [1.82, 2.24) is 19.4 Å². The fourth-order valence-corrected chi connectivity index (χ4v) is 2.79. The Morgan fingerprint density at radius 3 is 2.67 bits per heavy atom. The summed E-state index contributed by atoms with van der Waals surface area (Å²) in [7, 11) is 0. The van der Waals surface area contributed by atoms with Gasteiger partial charge in [0.25, 0.3) is 0 Å². The van der Waals surface area contributed by atoms with E-state index in [4.69, 9.17) is 0 Å². The Labute approximate surface area is 144 Å². The van der Waals surface area contributed by atoms with Crippen LogP contribution in [0.3, 0.4) is 0 Å². The molecule has 3 aromatic rings. The van der Waals surface area contributed by atoms with E-state index >= 15 is 0 Å². The number of hydrogen-bond acceptors (Lipinski definition) is 5. The quantitative estimate of drug-likeness (QED) is 0.710. The predicted octanol–water partition coefficient (Wildman–Crippen LogP) is 4.05. The van der Waals surface area contributed by atoms with Crippen molar-refractivity contribution in [1.29, 1.82) is 0 Å². The molecule has 0 fully saturated rings. The van der Waals surface area contributed by atoms with Crippen molar-refractivity contribution in [2.45, 2.75) is 33.6 Å². The highest BCUT2D eigenvalue weighted by molar-refractivity contribution is 5.63. The number of fused-ring (bicyclic) bond motifs is 1. The summed E-state index contributed by atoms with van der Waals surface area (Å²) >= 11 is 0. The average molecular weight is 326 g/mol. The van der Waals surface area contributed by atoms with Crippen LogP contribution in [0.4, 0.5) is 17.3 Å². The van der Waals surface area contributed by atoms with Gasteiger partial charge in [-0.15, -0.1) is 0 Å². The molecule has 3 rings (SSSR count). The molecule has 0 saturated carbocycles. The topological polar surface area (TPSA) is 58.4 Å². The van der Waals surface area contributed by atoms with E-state index < -0.39 is 0 Å². The molecule has 6 heteroatoms. The van der Waals surface area contributed by atoms with E-state index in [0.717, 1.165) is 54.7 Å². The fourth-order valence-electron chi connectivity index (χ4n) is 2.79. The van der Waals surface area contributed by atoms with E-state index in [1.165, 1.54) is 0 Å². The molecule has 128 valence electrons. The number of anilines is 3. The maximum atomic E-state index is 4.61. The number of nitrogens with one attached hydrogen (secondary N) is 1. The van der Waals surface area contributed by atoms with Gasteiger partial charge in [-0.2, -0.15) is 0 Å². The average Bonchev–Trinajstić information content (AvgIpc) is 3.02. The summed E-state index contributed by atoms with van der Waals surface area (Å²) in [5.41, 5.74) is 1.87. The molecule has 6 nitrogen and oxygen atoms in total. The van der Waals surface area contributed by atoms with Gasteiger partial charge in [-0.1, -0.05) is 13.8 Å². The van der Waals surface area contributed by atoms with Gasteiger partial charge in [-0.05, 0) is 25.8 Å². The Kier molecular flexibility index (Phi) is 4.93. The minimum atomic E-state index is 0. The van der Waals surface area contributed by atoms with E-state index in [2.05, 4.69) is 39.0 Å². The van der Waals surface area contributed by atoms with Crippen molar-refractivity contribution in [2.24, 2.45) is 0 Å². The standard InChI is InChI=1S/C18H24N6.H2/c1-4-8-23(9-5-2)18-13-16(20-14(3)21-18)22-15-6-10-24-11-7-19-17(24)12-15;/h6-7,10-13H,4-5,8-9H2,1-3H3,(H,20,21,22);1H. The largest absolute Gasteiger partial charge is 0.356 e. The smallest absolute Gasteiger partial charge is 0.138 e. The first-order valence-electron chi connectivity index (χ1n) is 8.50. The molecular formula is C18H26N6. The summed E-state index contributed by atoms with van der Waals surface area (Å²) in [6.45, 7) is 8.32. The highest BCUT2D eigenvalue weighted by atomic mass is 15.2. The zero-order valence-electron chi connectivity index (χ0n) is 14.5. The fraction of sp³-hybridized carbons (Fsp3) is 0.389. The number of rotatable bonds is 7. The van der Waals surface area contributed by atoms with Gasteiger partial charge >= 0.3 is 0 Å². The van der Waals surface area contributed by atoms with Crippen molar-refractivity contribution >= 4 is 23.0 Å². The van der Waals surface area contributed by atoms with Gasteiger partial charge in [0.1, 0.15) is 23.1 Å². The van der Waals surface area contributed by atoms with Crippen molar-refractivity contribution in [3.05, 3.63) is 42.6 Å². The van der Waals surface area contributed by atoms with Crippen LogP contribution in [-0.2, 0) is 0 Å². The van der Waals surface area contributed by atoms with Crippen molar-refractivity contribution in [2.75, 3.05) is 23.3 Å². The molecule has 0 aliphatic heterocycles. The van der Waals surface area contributed by atoms with E-state index in [1.54, 1.807) is 6.20 Å². The first-order valence-corrected chi connectivity index (χ1v) is 8.50. The second-order valence-electron chi connectivity index (χ2n) is 5.88. The van der Waals surface area contributed by atoms with Crippen molar-refractivity contribution in [3.8, 4) is 0 Å². The summed E-state index contributed by atoms with van der Waals surface area (Å²) in [4.78, 5) is 15.8. The number of aromatic nitrogens is 4. The summed E-state index contributed by atoms with van der Waals surface area (Å²) in [6, 6.07) is 6.04. The molecule has 0 amide bonds. The van der Waals surface area contributed by atoms with Gasteiger partial charge < -0.3 is 14.6 Å². The van der Waals surface area contributed by atoms with Crippen LogP contribution < -0.4 is 10.2 Å². The lowest BCUT2D eigenvalue weighted by Gasteiger charge is -2.23. The van der Waals surface area contributed by atoms with Gasteiger partial charge in [-0.25, -0.2) is 15.0 Å². The maximum Gasteiger partial charge on any atom is 0.138 e. The molecule has 0 aliphatic rings. The third-order valence-electron chi connectivity index (χ3n) is 3.81. The van der Waals surface area contributed by atoms with Gasteiger partial charge in [-0.3, -0.25) is 0 Å². The van der Waals surface area contributed by atoms with Gasteiger partial charge in [0, 0.05) is 50.9 Å². The lowest BCUT2D eigenvalue weighted by Crippen LogP contribution is -2.26. The molecule has 0 bridgehead atoms. The molecule has 0 spiro atoms. The minimum Gasteiger partial charge on any atom is -0.356 e. The maximum absolute atomic E-state index is 4.61. The molecule has 0 saturated heterocycles. The first-order chi connectivity index (χ1) is 11.7. The third-order valence-corrected chi connectivity index (χ3v) is 3.81. The second-order valence-corrected chi connectivity index (χ2v) is 5.88. The van der Waals surface area contributed by atoms with Crippen molar-refractivity contribution in [3.63, 3.8) is 0 Å². The van der Waals surface area contributed by atoms with Crippen LogP contribution >= 0.6 is 0 Å². The molecular weight excluding hydrogens is 300 g/mol. The predicted molar refractivity (Wildman–Crippen MR) is 100 cm³/mol. The van der Waals surface area contributed by atoms with Crippen LogP contribution in [0.25, 0.3) is 5.65 Å².